The third-order valence-electron chi connectivity index (χ3n) is 4.78. The van der Waals surface area contributed by atoms with Gasteiger partial charge in [-0.1, -0.05) is 18.2 Å². The van der Waals surface area contributed by atoms with Gasteiger partial charge in [0.2, 0.25) is 0 Å². The summed E-state index contributed by atoms with van der Waals surface area (Å²) in [5, 5.41) is -1.87. The first kappa shape index (κ1) is 23.5. The fourth-order valence-corrected chi connectivity index (χ4v) is 6.26. The lowest BCUT2D eigenvalue weighted by Crippen LogP contribution is -2.09. The van der Waals surface area contributed by atoms with Gasteiger partial charge in [-0.3, -0.25) is 18.2 Å². The Balaban J connectivity index is 2.43. The van der Waals surface area contributed by atoms with Crippen LogP contribution in [0.4, 0.5) is 0 Å². The molecule has 0 unspecified atom stereocenters. The quantitative estimate of drug-likeness (QED) is 0.209. The van der Waals surface area contributed by atoms with Gasteiger partial charge < -0.3 is 4.18 Å². The van der Waals surface area contributed by atoms with Gasteiger partial charge in [-0.2, -0.15) is 33.7 Å². The molecule has 4 aromatic rings. The molecule has 0 spiro atoms. The summed E-state index contributed by atoms with van der Waals surface area (Å²) in [7, 11) is -20.5. The van der Waals surface area contributed by atoms with Gasteiger partial charge in [-0.05, 0) is 12.1 Å². The molecule has 0 aromatic heterocycles. The lowest BCUT2D eigenvalue weighted by Gasteiger charge is -2.18. The average Bonchev–Trinajstić information content (AvgIpc) is 2.62. The number of hydrogen-bond donors (Lipinski definition) is 4. The van der Waals surface area contributed by atoms with Crippen molar-refractivity contribution in [3.05, 3.63) is 36.4 Å². The molecule has 4 aromatic carbocycles. The highest BCUT2D eigenvalue weighted by atomic mass is 32.3. The largest absolute Gasteiger partial charge is 0.446 e. The highest BCUT2D eigenvalue weighted by molar-refractivity contribution is 7.87. The van der Waals surface area contributed by atoms with Crippen molar-refractivity contribution in [3.63, 3.8) is 0 Å². The van der Waals surface area contributed by atoms with E-state index in [9.17, 15) is 47.3 Å². The van der Waals surface area contributed by atoms with E-state index < -0.39 is 61.2 Å². The number of rotatable bonds is 5. The molecule has 0 atom stereocenters. The van der Waals surface area contributed by atoms with Crippen molar-refractivity contribution >= 4 is 73.1 Å². The molecule has 4 N–H and O–H groups in total. The van der Waals surface area contributed by atoms with E-state index in [0.717, 1.165) is 24.3 Å². The number of benzene rings is 4. The molecule has 0 radical (unpaired) electrons. The lowest BCUT2D eigenvalue weighted by atomic mass is 9.94. The van der Waals surface area contributed by atoms with E-state index in [2.05, 4.69) is 4.18 Å². The van der Waals surface area contributed by atoms with Gasteiger partial charge in [-0.25, -0.2) is 0 Å². The summed E-state index contributed by atoms with van der Waals surface area (Å²) in [5.74, 6) is -0.808. The molecular weight excluding hydrogens is 528 g/mol. The van der Waals surface area contributed by atoms with E-state index in [1.54, 1.807) is 0 Å². The molecule has 33 heavy (non-hydrogen) atoms. The smallest absolute Gasteiger partial charge is 0.361 e. The normalized spacial score (nSPS) is 13.8. The van der Waals surface area contributed by atoms with Crippen LogP contribution in [0.25, 0.3) is 32.3 Å². The van der Waals surface area contributed by atoms with Crippen molar-refractivity contribution in [1.29, 1.82) is 0 Å². The predicted molar refractivity (Wildman–Crippen MR) is 112 cm³/mol. The van der Waals surface area contributed by atoms with Crippen LogP contribution >= 0.6 is 0 Å². The molecule has 0 saturated heterocycles. The summed E-state index contributed by atoms with van der Waals surface area (Å²) < 4.78 is 137. The Kier molecular flexibility index (Phi) is 4.94. The molecule has 13 nitrogen and oxygen atoms in total. The lowest BCUT2D eigenvalue weighted by molar-refractivity contribution is 0.387. The molecule has 176 valence electrons. The predicted octanol–water partition coefficient (Wildman–Crippen LogP) is 1.51. The van der Waals surface area contributed by atoms with Crippen molar-refractivity contribution in [2.45, 2.75) is 14.7 Å². The van der Waals surface area contributed by atoms with Gasteiger partial charge in [0.1, 0.15) is 14.7 Å². The first-order chi connectivity index (χ1) is 14.9. The van der Waals surface area contributed by atoms with Gasteiger partial charge in [0, 0.05) is 38.4 Å². The molecule has 0 heterocycles. The second-order valence-electron chi connectivity index (χ2n) is 6.75. The second kappa shape index (κ2) is 6.93. The molecule has 0 aliphatic rings. The highest BCUT2D eigenvalue weighted by Gasteiger charge is 2.28. The Hall–Kier alpha value is -2.64. The van der Waals surface area contributed by atoms with Crippen LogP contribution in [-0.2, 0) is 40.8 Å². The Bertz CT molecular complexity index is 1870. The van der Waals surface area contributed by atoms with Crippen molar-refractivity contribution in [1.82, 2.24) is 0 Å². The monoisotopic (exact) mass is 538 g/mol. The van der Waals surface area contributed by atoms with Crippen LogP contribution < -0.4 is 4.18 Å². The minimum Gasteiger partial charge on any atom is -0.361 e. The maximum Gasteiger partial charge on any atom is 0.446 e. The van der Waals surface area contributed by atoms with Crippen molar-refractivity contribution in [2.24, 2.45) is 0 Å². The topological polar surface area (TPSA) is 227 Å². The standard InChI is InChI=1S/C16H10O13S4/c17-30(18,19)12-5-11(29-33(26,27)28)7-1-2-9-13(31(20,21)22)6-14(32(23,24)25)10-4-3-8(12)15(7)16(9)10/h1-6H,(H,17,18,19)(H,20,21,22)(H,23,24,25)(H,26,27,28). The summed E-state index contributed by atoms with van der Waals surface area (Å²) in [6.07, 6.45) is 0. The zero-order chi connectivity index (χ0) is 24.7. The van der Waals surface area contributed by atoms with Gasteiger partial charge in [0.05, 0.1) is 0 Å². The summed E-state index contributed by atoms with van der Waals surface area (Å²) in [6.45, 7) is 0. The van der Waals surface area contributed by atoms with Crippen LogP contribution in [0.15, 0.2) is 51.1 Å². The SMILES string of the molecule is O=S(=O)(O)Oc1cc(S(=O)(=O)O)c2ccc3c(S(=O)(=O)O)cc(S(=O)(=O)O)c4ccc1c2c43. The van der Waals surface area contributed by atoms with Crippen molar-refractivity contribution < 1.29 is 56.1 Å². The molecule has 0 aliphatic heterocycles. The highest BCUT2D eigenvalue weighted by Crippen LogP contribution is 2.45. The van der Waals surface area contributed by atoms with E-state index >= 15 is 0 Å². The first-order valence-electron chi connectivity index (χ1n) is 8.27. The third kappa shape index (κ3) is 3.97. The van der Waals surface area contributed by atoms with Crippen molar-refractivity contribution in [2.75, 3.05) is 0 Å². The summed E-state index contributed by atoms with van der Waals surface area (Å²) in [5.41, 5.74) is 0. The molecule has 0 aliphatic carbocycles. The maximum atomic E-state index is 12.0. The fraction of sp³-hybridized carbons (Fsp3) is 0. The van der Waals surface area contributed by atoms with Crippen LogP contribution in [0.3, 0.4) is 0 Å². The Labute approximate surface area is 185 Å². The van der Waals surface area contributed by atoms with Crippen LogP contribution in [0.5, 0.6) is 5.75 Å². The van der Waals surface area contributed by atoms with Gasteiger partial charge in [-0.15, -0.1) is 0 Å². The zero-order valence-electron chi connectivity index (χ0n) is 15.6. The molecular formula is C16H10O13S4. The molecule has 0 bridgehead atoms. The van der Waals surface area contributed by atoms with E-state index in [-0.39, 0.29) is 32.3 Å². The zero-order valence-corrected chi connectivity index (χ0v) is 18.8. The van der Waals surface area contributed by atoms with Gasteiger partial charge in [0.25, 0.3) is 30.4 Å². The van der Waals surface area contributed by atoms with Crippen LogP contribution in [0.2, 0.25) is 0 Å². The van der Waals surface area contributed by atoms with Crippen LogP contribution in [-0.4, -0.2) is 51.9 Å². The third-order valence-corrected chi connectivity index (χ3v) is 7.85. The minimum atomic E-state index is -5.22. The molecule has 17 heteroatoms. The van der Waals surface area contributed by atoms with Crippen molar-refractivity contribution in [3.8, 4) is 5.75 Å². The van der Waals surface area contributed by atoms with Gasteiger partial charge in [0.15, 0.2) is 5.75 Å². The van der Waals surface area contributed by atoms with E-state index in [1.807, 2.05) is 0 Å². The molecule has 0 amide bonds. The van der Waals surface area contributed by atoms with E-state index in [4.69, 9.17) is 4.55 Å². The number of hydrogen-bond acceptors (Lipinski definition) is 9. The Morgan fingerprint density at radius 3 is 1.21 bits per heavy atom. The van der Waals surface area contributed by atoms with E-state index in [1.165, 1.54) is 0 Å². The van der Waals surface area contributed by atoms with Crippen LogP contribution in [0.1, 0.15) is 0 Å². The first-order valence-corrected chi connectivity index (χ1v) is 14.0. The second-order valence-corrected chi connectivity index (χ2v) is 11.9. The minimum absolute atomic E-state index is 0.248. The Morgan fingerprint density at radius 1 is 0.515 bits per heavy atom. The average molecular weight is 539 g/mol. The molecule has 0 saturated carbocycles. The summed E-state index contributed by atoms with van der Waals surface area (Å²) in [6, 6.07) is 5.19. The molecule has 0 fully saturated rings. The summed E-state index contributed by atoms with van der Waals surface area (Å²) >= 11 is 0. The van der Waals surface area contributed by atoms with E-state index in [0.29, 0.717) is 12.1 Å². The fourth-order valence-electron chi connectivity index (χ4n) is 3.69. The van der Waals surface area contributed by atoms with Gasteiger partial charge >= 0.3 is 10.4 Å². The van der Waals surface area contributed by atoms with Crippen LogP contribution in [0, 0.1) is 0 Å². The molecule has 4 rings (SSSR count). The maximum absolute atomic E-state index is 12.0. The Morgan fingerprint density at radius 2 is 0.848 bits per heavy atom. The summed E-state index contributed by atoms with van der Waals surface area (Å²) in [4.78, 5) is -2.85.